The van der Waals surface area contributed by atoms with E-state index >= 15 is 0 Å². The second-order valence-electron chi connectivity index (χ2n) is 2.70. The van der Waals surface area contributed by atoms with Gasteiger partial charge in [0.05, 0.1) is 4.92 Å². The molecule has 0 saturated carbocycles. The van der Waals surface area contributed by atoms with Crippen molar-refractivity contribution in [2.75, 3.05) is 5.73 Å². The molecule has 0 heterocycles. The average Bonchev–Trinajstić information content (AvgIpc) is 2.17. The first-order chi connectivity index (χ1) is 6.60. The molecule has 1 rings (SSSR count). The predicted molar refractivity (Wildman–Crippen MR) is 62.8 cm³/mol. The minimum Gasteiger partial charge on any atom is -0.398 e. The number of nitrogens with zero attached hydrogens (tertiary/aromatic N) is 1. The lowest BCUT2D eigenvalue weighted by atomic mass is 10.1. The molecule has 1 aromatic carbocycles. The highest BCUT2D eigenvalue weighted by molar-refractivity contribution is 9.08. The molecule has 0 atom stereocenters. The van der Waals surface area contributed by atoms with Crippen molar-refractivity contribution in [3.63, 3.8) is 0 Å². The lowest BCUT2D eigenvalue weighted by Crippen LogP contribution is -1.99. The fraction of sp³-hybridized carbons (Fsp3) is 0.250. The zero-order valence-electron chi connectivity index (χ0n) is 7.17. The quantitative estimate of drug-likeness (QED) is 0.402. The van der Waals surface area contributed by atoms with Gasteiger partial charge in [0.25, 0.3) is 5.69 Å². The predicted octanol–water partition coefficient (Wildman–Crippen LogP) is 2.97. The molecule has 2 N–H and O–H groups in total. The van der Waals surface area contributed by atoms with Crippen LogP contribution in [0.5, 0.6) is 0 Å². The molecule has 0 aliphatic carbocycles. The lowest BCUT2D eigenvalue weighted by molar-refractivity contribution is -0.384. The maximum Gasteiger partial charge on any atom is 0.270 e. The van der Waals surface area contributed by atoms with Crippen molar-refractivity contribution < 1.29 is 4.92 Å². The number of rotatable bonds is 3. The van der Waals surface area contributed by atoms with Gasteiger partial charge in [0.2, 0.25) is 0 Å². The Morgan fingerprint density at radius 3 is 2.00 bits per heavy atom. The van der Waals surface area contributed by atoms with Gasteiger partial charge in [-0.05, 0) is 11.1 Å². The van der Waals surface area contributed by atoms with Crippen LogP contribution in [0.2, 0.25) is 0 Å². The Labute approximate surface area is 97.9 Å². The van der Waals surface area contributed by atoms with E-state index in [4.69, 9.17) is 5.73 Å². The van der Waals surface area contributed by atoms with E-state index in [1.54, 1.807) is 0 Å². The summed E-state index contributed by atoms with van der Waals surface area (Å²) in [5.41, 5.74) is 7.95. The van der Waals surface area contributed by atoms with Crippen molar-refractivity contribution in [2.45, 2.75) is 10.7 Å². The van der Waals surface area contributed by atoms with E-state index in [2.05, 4.69) is 31.9 Å². The fourth-order valence-corrected chi connectivity index (χ4v) is 2.01. The molecule has 14 heavy (non-hydrogen) atoms. The monoisotopic (exact) mass is 322 g/mol. The Morgan fingerprint density at radius 2 is 1.71 bits per heavy atom. The number of halogens is 2. The van der Waals surface area contributed by atoms with E-state index in [1.807, 2.05) is 0 Å². The van der Waals surface area contributed by atoms with Crippen LogP contribution in [-0.4, -0.2) is 4.92 Å². The van der Waals surface area contributed by atoms with Crippen molar-refractivity contribution >= 4 is 43.2 Å². The number of nitro benzene ring substituents is 1. The highest BCUT2D eigenvalue weighted by Crippen LogP contribution is 2.27. The minimum absolute atomic E-state index is 0.0723. The normalized spacial score (nSPS) is 10.1. The van der Waals surface area contributed by atoms with Crippen LogP contribution in [0, 0.1) is 10.1 Å². The summed E-state index contributed by atoms with van der Waals surface area (Å²) in [6.45, 7) is 0. The van der Waals surface area contributed by atoms with Crippen molar-refractivity contribution in [1.29, 1.82) is 0 Å². The van der Waals surface area contributed by atoms with E-state index in [0.717, 1.165) is 11.1 Å². The van der Waals surface area contributed by atoms with E-state index in [0.29, 0.717) is 16.3 Å². The number of nitro groups is 1. The molecule has 0 amide bonds. The zero-order chi connectivity index (χ0) is 10.7. The smallest absolute Gasteiger partial charge is 0.270 e. The summed E-state index contributed by atoms with van der Waals surface area (Å²) in [7, 11) is 0. The second kappa shape index (κ2) is 4.75. The summed E-state index contributed by atoms with van der Waals surface area (Å²) in [6, 6.07) is 2.96. The van der Waals surface area contributed by atoms with Gasteiger partial charge >= 0.3 is 0 Å². The Balaban J connectivity index is 3.32. The molecule has 0 aromatic heterocycles. The van der Waals surface area contributed by atoms with Crippen molar-refractivity contribution in [1.82, 2.24) is 0 Å². The molecule has 1 aromatic rings. The van der Waals surface area contributed by atoms with Crippen LogP contribution in [0.4, 0.5) is 11.4 Å². The fourth-order valence-electron chi connectivity index (χ4n) is 1.09. The number of nitrogen functional groups attached to an aromatic ring is 1. The van der Waals surface area contributed by atoms with Gasteiger partial charge in [0, 0.05) is 28.5 Å². The number of anilines is 1. The number of non-ortho nitro benzene ring substituents is 1. The molecular weight excluding hydrogens is 316 g/mol. The number of hydrogen-bond acceptors (Lipinski definition) is 3. The van der Waals surface area contributed by atoms with Crippen molar-refractivity contribution in [2.24, 2.45) is 0 Å². The summed E-state index contributed by atoms with van der Waals surface area (Å²) >= 11 is 6.47. The van der Waals surface area contributed by atoms with Gasteiger partial charge in [-0.2, -0.15) is 0 Å². The lowest BCUT2D eigenvalue weighted by Gasteiger charge is -2.06. The maximum absolute atomic E-state index is 10.6. The first-order valence-electron chi connectivity index (χ1n) is 3.77. The van der Waals surface area contributed by atoms with Gasteiger partial charge in [0.1, 0.15) is 0 Å². The van der Waals surface area contributed by atoms with Crippen LogP contribution in [0.1, 0.15) is 11.1 Å². The topological polar surface area (TPSA) is 69.2 Å². The molecule has 0 bridgehead atoms. The third-order valence-corrected chi connectivity index (χ3v) is 3.04. The number of nitrogens with two attached hydrogens (primary N) is 1. The van der Waals surface area contributed by atoms with Gasteiger partial charge in [-0.3, -0.25) is 10.1 Å². The van der Waals surface area contributed by atoms with Crippen LogP contribution in [0.3, 0.4) is 0 Å². The first kappa shape index (κ1) is 11.5. The summed E-state index contributed by atoms with van der Waals surface area (Å²) in [5, 5.41) is 11.6. The Bertz CT molecular complexity index is 343. The molecule has 6 heteroatoms. The number of benzene rings is 1. The number of hydrogen-bond donors (Lipinski definition) is 1. The van der Waals surface area contributed by atoms with Crippen molar-refractivity contribution in [3.8, 4) is 0 Å². The molecular formula is C8H8Br2N2O2. The van der Waals surface area contributed by atoms with Gasteiger partial charge in [-0.15, -0.1) is 0 Å². The van der Waals surface area contributed by atoms with E-state index in [-0.39, 0.29) is 5.69 Å². The molecule has 0 fully saturated rings. The molecule has 0 aliphatic rings. The minimum atomic E-state index is -0.419. The Morgan fingerprint density at radius 1 is 1.29 bits per heavy atom. The van der Waals surface area contributed by atoms with E-state index in [9.17, 15) is 10.1 Å². The zero-order valence-corrected chi connectivity index (χ0v) is 10.3. The molecule has 0 saturated heterocycles. The summed E-state index contributed by atoms with van der Waals surface area (Å²) < 4.78 is 0. The summed E-state index contributed by atoms with van der Waals surface area (Å²) in [4.78, 5) is 10.2. The van der Waals surface area contributed by atoms with Gasteiger partial charge in [-0.1, -0.05) is 31.9 Å². The van der Waals surface area contributed by atoms with Crippen LogP contribution in [-0.2, 0) is 10.7 Å². The van der Waals surface area contributed by atoms with E-state index < -0.39 is 4.92 Å². The molecule has 76 valence electrons. The average molecular weight is 324 g/mol. The highest BCUT2D eigenvalue weighted by atomic mass is 79.9. The highest BCUT2D eigenvalue weighted by Gasteiger charge is 2.12. The van der Waals surface area contributed by atoms with Crippen LogP contribution < -0.4 is 5.73 Å². The maximum atomic E-state index is 10.6. The molecule has 4 nitrogen and oxygen atoms in total. The SMILES string of the molecule is Nc1c(CBr)cc([N+](=O)[O-])cc1CBr. The molecule has 0 spiro atoms. The van der Waals surface area contributed by atoms with Gasteiger partial charge in [0.15, 0.2) is 0 Å². The van der Waals surface area contributed by atoms with E-state index in [1.165, 1.54) is 12.1 Å². The molecule has 0 radical (unpaired) electrons. The first-order valence-corrected chi connectivity index (χ1v) is 6.02. The third kappa shape index (κ3) is 2.24. The standard InChI is InChI=1S/C8H8Br2N2O2/c9-3-5-1-7(12(13)14)2-6(4-10)8(5)11/h1-2H,3-4,11H2. The largest absolute Gasteiger partial charge is 0.398 e. The van der Waals surface area contributed by atoms with Crippen LogP contribution in [0.25, 0.3) is 0 Å². The van der Waals surface area contributed by atoms with Gasteiger partial charge in [-0.25, -0.2) is 0 Å². The summed E-state index contributed by atoms with van der Waals surface area (Å²) in [5.74, 6) is 0. The second-order valence-corrected chi connectivity index (χ2v) is 3.82. The Kier molecular flexibility index (Phi) is 3.88. The number of alkyl halides is 2. The summed E-state index contributed by atoms with van der Waals surface area (Å²) in [6.07, 6.45) is 0. The van der Waals surface area contributed by atoms with Gasteiger partial charge < -0.3 is 5.73 Å². The molecule has 0 unspecified atom stereocenters. The Hall–Kier alpha value is -0.620. The van der Waals surface area contributed by atoms with Crippen molar-refractivity contribution in [3.05, 3.63) is 33.4 Å². The van der Waals surface area contributed by atoms with Crippen LogP contribution in [0.15, 0.2) is 12.1 Å². The third-order valence-electron chi connectivity index (χ3n) is 1.83. The molecule has 0 aliphatic heterocycles. The van der Waals surface area contributed by atoms with Crippen LogP contribution >= 0.6 is 31.9 Å².